The molecular weight excluding hydrogens is 328 g/mol. The number of benzene rings is 2. The smallest absolute Gasteiger partial charge is 0.221 e. The minimum absolute atomic E-state index is 0.0796. The number of aliphatic hydroxyl groups is 1. The third-order valence-corrected chi connectivity index (χ3v) is 5.22. The highest BCUT2D eigenvalue weighted by atomic mass is 16.5. The molecule has 1 amide bonds. The number of likely N-dealkylation sites (tertiary alicyclic amines) is 1. The van der Waals surface area contributed by atoms with Crippen molar-refractivity contribution in [1.82, 2.24) is 4.90 Å². The largest absolute Gasteiger partial charge is 0.484 e. The number of carbonyl (C=O) groups excluding carboxylic acids is 1. The van der Waals surface area contributed by atoms with Gasteiger partial charge in [0.15, 0.2) is 0 Å². The Labute approximate surface area is 153 Å². The number of nitrogens with zero attached hydrogens (tertiary/aromatic N) is 1. The fourth-order valence-corrected chi connectivity index (χ4v) is 4.07. The predicted octanol–water partition coefficient (Wildman–Crippen LogP) is 2.76. The van der Waals surface area contributed by atoms with E-state index in [4.69, 9.17) is 4.74 Å². The lowest BCUT2D eigenvalue weighted by Crippen LogP contribution is -2.39. The summed E-state index contributed by atoms with van der Waals surface area (Å²) in [5.41, 5.74) is 3.25. The molecule has 2 aromatic carbocycles. The second kappa shape index (κ2) is 7.09. The molecule has 0 saturated carbocycles. The van der Waals surface area contributed by atoms with Gasteiger partial charge >= 0.3 is 0 Å². The first-order valence-electron chi connectivity index (χ1n) is 9.14. The van der Waals surface area contributed by atoms with E-state index in [-0.39, 0.29) is 24.2 Å². The summed E-state index contributed by atoms with van der Waals surface area (Å²) >= 11 is 0. The van der Waals surface area contributed by atoms with E-state index < -0.39 is 0 Å². The molecule has 5 nitrogen and oxygen atoms in total. The third kappa shape index (κ3) is 3.45. The van der Waals surface area contributed by atoms with Crippen LogP contribution in [0.15, 0.2) is 48.5 Å². The van der Waals surface area contributed by atoms with Crippen molar-refractivity contribution in [1.29, 1.82) is 0 Å². The highest BCUT2D eigenvalue weighted by molar-refractivity contribution is 5.88. The lowest BCUT2D eigenvalue weighted by molar-refractivity contribution is -0.114. The lowest BCUT2D eigenvalue weighted by Gasteiger charge is -2.30. The summed E-state index contributed by atoms with van der Waals surface area (Å²) in [7, 11) is 0. The van der Waals surface area contributed by atoms with Gasteiger partial charge in [-0.3, -0.25) is 9.69 Å². The highest BCUT2D eigenvalue weighted by Crippen LogP contribution is 2.39. The molecule has 0 spiro atoms. The van der Waals surface area contributed by atoms with Crippen LogP contribution in [0.3, 0.4) is 0 Å². The molecule has 1 aliphatic carbocycles. The molecule has 1 heterocycles. The molecule has 5 heteroatoms. The van der Waals surface area contributed by atoms with Crippen LogP contribution in [0.2, 0.25) is 0 Å². The molecule has 26 heavy (non-hydrogen) atoms. The highest BCUT2D eigenvalue weighted by Gasteiger charge is 2.40. The quantitative estimate of drug-likeness (QED) is 0.888. The van der Waals surface area contributed by atoms with Gasteiger partial charge in [0.2, 0.25) is 5.91 Å². The number of hydrogen-bond donors (Lipinski definition) is 2. The first-order valence-corrected chi connectivity index (χ1v) is 9.14. The van der Waals surface area contributed by atoms with Crippen molar-refractivity contribution in [3.05, 3.63) is 59.7 Å². The number of nitrogens with one attached hydrogen (secondary N) is 1. The van der Waals surface area contributed by atoms with Crippen LogP contribution in [0.5, 0.6) is 5.75 Å². The van der Waals surface area contributed by atoms with Crippen LogP contribution in [0.25, 0.3) is 0 Å². The number of carbonyl (C=O) groups is 1. The Balaban J connectivity index is 1.60. The van der Waals surface area contributed by atoms with Crippen molar-refractivity contribution in [2.45, 2.75) is 38.0 Å². The number of ether oxygens (including phenoxy) is 1. The first-order chi connectivity index (χ1) is 12.6. The van der Waals surface area contributed by atoms with Crippen molar-refractivity contribution >= 4 is 11.6 Å². The summed E-state index contributed by atoms with van der Waals surface area (Å²) < 4.78 is 6.41. The fraction of sp³-hybridized carbons (Fsp3) is 0.381. The van der Waals surface area contributed by atoms with E-state index in [0.717, 1.165) is 30.8 Å². The molecule has 1 saturated heterocycles. The molecule has 1 fully saturated rings. The van der Waals surface area contributed by atoms with Gasteiger partial charge in [-0.25, -0.2) is 0 Å². The van der Waals surface area contributed by atoms with E-state index in [9.17, 15) is 9.90 Å². The Morgan fingerprint density at radius 2 is 2.08 bits per heavy atom. The zero-order chi connectivity index (χ0) is 18.1. The molecule has 0 radical (unpaired) electrons. The van der Waals surface area contributed by atoms with Gasteiger partial charge in [-0.1, -0.05) is 30.3 Å². The number of aliphatic hydroxyl groups excluding tert-OH is 1. The number of fused-ring (bicyclic) bond motifs is 1. The summed E-state index contributed by atoms with van der Waals surface area (Å²) in [6, 6.07) is 16.1. The van der Waals surface area contributed by atoms with Gasteiger partial charge in [-0.05, 0) is 36.1 Å². The van der Waals surface area contributed by atoms with Crippen LogP contribution in [-0.2, 0) is 11.2 Å². The molecule has 3 atom stereocenters. The van der Waals surface area contributed by atoms with Gasteiger partial charge in [0.05, 0.1) is 12.1 Å². The first kappa shape index (κ1) is 17.1. The van der Waals surface area contributed by atoms with Crippen LogP contribution < -0.4 is 10.1 Å². The molecule has 136 valence electrons. The van der Waals surface area contributed by atoms with Crippen LogP contribution in [-0.4, -0.2) is 41.1 Å². The SMILES string of the molecule is CC(=O)Nc1cccc(OC2c3ccccc3CC2N2CC[C@@H](O)C2)c1. The summed E-state index contributed by atoms with van der Waals surface area (Å²) in [6.45, 7) is 3.09. The third-order valence-electron chi connectivity index (χ3n) is 5.22. The normalized spacial score (nSPS) is 25.1. The number of hydrogen-bond acceptors (Lipinski definition) is 4. The molecule has 2 aromatic rings. The van der Waals surface area contributed by atoms with Gasteiger partial charge in [0, 0.05) is 31.8 Å². The average molecular weight is 352 g/mol. The molecule has 2 unspecified atom stereocenters. The van der Waals surface area contributed by atoms with E-state index in [1.807, 2.05) is 30.3 Å². The second-order valence-electron chi connectivity index (χ2n) is 7.16. The Hall–Kier alpha value is -2.37. The Kier molecular flexibility index (Phi) is 4.66. The second-order valence-corrected chi connectivity index (χ2v) is 7.16. The number of rotatable bonds is 4. The summed E-state index contributed by atoms with van der Waals surface area (Å²) in [4.78, 5) is 13.6. The molecule has 2 N–H and O–H groups in total. The molecule has 2 aliphatic rings. The monoisotopic (exact) mass is 352 g/mol. The van der Waals surface area contributed by atoms with Crippen LogP contribution >= 0.6 is 0 Å². The van der Waals surface area contributed by atoms with Crippen molar-refractivity contribution in [3.63, 3.8) is 0 Å². The maximum absolute atomic E-state index is 11.3. The minimum atomic E-state index is -0.248. The van der Waals surface area contributed by atoms with Gasteiger partial charge in [-0.15, -0.1) is 0 Å². The molecule has 0 aromatic heterocycles. The predicted molar refractivity (Wildman–Crippen MR) is 100 cm³/mol. The van der Waals surface area contributed by atoms with Crippen LogP contribution in [0, 0.1) is 0 Å². The van der Waals surface area contributed by atoms with E-state index in [1.54, 1.807) is 0 Å². The fourth-order valence-electron chi connectivity index (χ4n) is 4.07. The maximum Gasteiger partial charge on any atom is 0.221 e. The number of β-amino-alcohol motifs (C(OH)–C–C–N with tert-alkyl or cyclic N) is 1. The molecule has 4 rings (SSSR count). The van der Waals surface area contributed by atoms with Crippen molar-refractivity contribution in [2.24, 2.45) is 0 Å². The summed E-state index contributed by atoms with van der Waals surface area (Å²) in [5, 5.41) is 12.7. The minimum Gasteiger partial charge on any atom is -0.484 e. The zero-order valence-corrected chi connectivity index (χ0v) is 14.9. The number of amides is 1. The Bertz CT molecular complexity index is 807. The van der Waals surface area contributed by atoms with E-state index in [2.05, 4.69) is 28.4 Å². The average Bonchev–Trinajstić information content (AvgIpc) is 3.19. The van der Waals surface area contributed by atoms with Gasteiger partial charge in [-0.2, -0.15) is 0 Å². The number of anilines is 1. The Morgan fingerprint density at radius 3 is 2.85 bits per heavy atom. The maximum atomic E-state index is 11.3. The van der Waals surface area contributed by atoms with Crippen molar-refractivity contribution in [3.8, 4) is 5.75 Å². The van der Waals surface area contributed by atoms with Crippen molar-refractivity contribution in [2.75, 3.05) is 18.4 Å². The molecule has 1 aliphatic heterocycles. The Morgan fingerprint density at radius 1 is 1.23 bits per heavy atom. The summed E-state index contributed by atoms with van der Waals surface area (Å²) in [5.74, 6) is 0.639. The van der Waals surface area contributed by atoms with E-state index in [0.29, 0.717) is 6.54 Å². The zero-order valence-electron chi connectivity index (χ0n) is 14.9. The lowest BCUT2D eigenvalue weighted by atomic mass is 10.1. The van der Waals surface area contributed by atoms with E-state index >= 15 is 0 Å². The standard InChI is InChI=1S/C21H24N2O3/c1-14(24)22-16-6-4-7-18(12-16)26-21-19-8-3-2-5-15(19)11-20(21)23-10-9-17(25)13-23/h2-8,12,17,20-21,25H,9-11,13H2,1H3,(H,22,24)/t17-,20?,21?/m1/s1. The van der Waals surface area contributed by atoms with Crippen molar-refractivity contribution < 1.29 is 14.6 Å². The van der Waals surface area contributed by atoms with Gasteiger partial charge in [0.25, 0.3) is 0 Å². The van der Waals surface area contributed by atoms with E-state index in [1.165, 1.54) is 18.1 Å². The summed E-state index contributed by atoms with van der Waals surface area (Å²) in [6.07, 6.45) is 1.42. The van der Waals surface area contributed by atoms with Crippen LogP contribution in [0.4, 0.5) is 5.69 Å². The van der Waals surface area contributed by atoms with Gasteiger partial charge in [0.1, 0.15) is 11.9 Å². The molecular formula is C21H24N2O3. The molecule has 0 bridgehead atoms. The van der Waals surface area contributed by atoms with Crippen LogP contribution in [0.1, 0.15) is 30.6 Å². The topological polar surface area (TPSA) is 61.8 Å². The van der Waals surface area contributed by atoms with Gasteiger partial charge < -0.3 is 15.2 Å².